The van der Waals surface area contributed by atoms with Crippen LogP contribution < -0.4 is 5.32 Å². The lowest BCUT2D eigenvalue weighted by molar-refractivity contribution is 0.0948. The smallest absolute Gasteiger partial charge is 0.0445 e. The van der Waals surface area contributed by atoms with Crippen molar-refractivity contribution in [2.75, 3.05) is 19.7 Å². The largest absolute Gasteiger partial charge is 0.396 e. The molecule has 3 atom stereocenters. The number of likely N-dealkylation sites (tertiary alicyclic amines) is 1. The van der Waals surface area contributed by atoms with Gasteiger partial charge >= 0.3 is 0 Å². The summed E-state index contributed by atoms with van der Waals surface area (Å²) in [5.41, 5.74) is 0. The molecule has 0 aromatic rings. The summed E-state index contributed by atoms with van der Waals surface area (Å²) in [5.74, 6) is 1.53. The van der Waals surface area contributed by atoms with Crippen molar-refractivity contribution >= 4 is 0 Å². The minimum absolute atomic E-state index is 0.300. The number of hydrogen-bond acceptors (Lipinski definition) is 3. The van der Waals surface area contributed by atoms with Crippen molar-refractivity contribution in [3.63, 3.8) is 0 Å². The summed E-state index contributed by atoms with van der Waals surface area (Å²) in [7, 11) is 0. The monoisotopic (exact) mass is 296 g/mol. The number of nitrogens with zero attached hydrogens (tertiary/aromatic N) is 1. The molecule has 0 radical (unpaired) electrons. The molecule has 1 saturated heterocycles. The van der Waals surface area contributed by atoms with Crippen LogP contribution in [0.3, 0.4) is 0 Å². The molecule has 1 aliphatic heterocycles. The number of aliphatic hydroxyl groups excluding tert-OH is 1. The Labute approximate surface area is 131 Å². The van der Waals surface area contributed by atoms with E-state index >= 15 is 0 Å². The molecule has 0 amide bonds. The van der Waals surface area contributed by atoms with Crippen LogP contribution in [0.15, 0.2) is 0 Å². The molecule has 1 aliphatic carbocycles. The van der Waals surface area contributed by atoms with E-state index in [0.717, 1.165) is 18.4 Å². The highest BCUT2D eigenvalue weighted by Crippen LogP contribution is 2.29. The molecular formula is C18H36N2O. The molecule has 3 heteroatoms. The molecule has 0 spiro atoms. The second-order valence-corrected chi connectivity index (χ2v) is 7.77. The molecule has 124 valence electrons. The van der Waals surface area contributed by atoms with Gasteiger partial charge in [0, 0.05) is 24.7 Å². The minimum Gasteiger partial charge on any atom is -0.396 e. The van der Waals surface area contributed by atoms with Crippen molar-refractivity contribution in [1.29, 1.82) is 0 Å². The number of nitrogens with one attached hydrogen (secondary N) is 1. The van der Waals surface area contributed by atoms with E-state index in [4.69, 9.17) is 0 Å². The van der Waals surface area contributed by atoms with Crippen LogP contribution in [0.5, 0.6) is 0 Å². The van der Waals surface area contributed by atoms with Gasteiger partial charge in [0.05, 0.1) is 0 Å². The lowest BCUT2D eigenvalue weighted by Crippen LogP contribution is -2.50. The third kappa shape index (κ3) is 5.22. The first-order valence-corrected chi connectivity index (χ1v) is 9.21. The van der Waals surface area contributed by atoms with Crippen LogP contribution in [0, 0.1) is 11.8 Å². The quantitative estimate of drug-likeness (QED) is 0.791. The summed E-state index contributed by atoms with van der Waals surface area (Å²) in [6, 6.07) is 1.98. The standard InChI is InChI=1S/C18H36N2O/c1-14(2)18(9-12-21)19-16-7-10-20(11-8-16)17-6-4-5-15(3)13-17/h14-19,21H,4-13H2,1-3H3. The Morgan fingerprint density at radius 3 is 2.43 bits per heavy atom. The Hall–Kier alpha value is -0.120. The van der Waals surface area contributed by atoms with Gasteiger partial charge in [0.15, 0.2) is 0 Å². The van der Waals surface area contributed by atoms with E-state index in [1.165, 1.54) is 51.6 Å². The highest BCUT2D eigenvalue weighted by Gasteiger charge is 2.29. The zero-order valence-electron chi connectivity index (χ0n) is 14.4. The highest BCUT2D eigenvalue weighted by molar-refractivity contribution is 4.86. The van der Waals surface area contributed by atoms with E-state index in [0.29, 0.717) is 24.6 Å². The van der Waals surface area contributed by atoms with Crippen LogP contribution in [0.1, 0.15) is 65.7 Å². The second-order valence-electron chi connectivity index (χ2n) is 7.77. The zero-order valence-corrected chi connectivity index (χ0v) is 14.4. The van der Waals surface area contributed by atoms with Gasteiger partial charge in [0.1, 0.15) is 0 Å². The zero-order chi connectivity index (χ0) is 15.2. The molecule has 0 aromatic heterocycles. The van der Waals surface area contributed by atoms with Crippen LogP contribution in [-0.4, -0.2) is 47.8 Å². The van der Waals surface area contributed by atoms with Crippen molar-refractivity contribution < 1.29 is 5.11 Å². The normalized spacial score (nSPS) is 30.7. The van der Waals surface area contributed by atoms with Gasteiger partial charge in [0.2, 0.25) is 0 Å². The maximum absolute atomic E-state index is 9.20. The first kappa shape index (κ1) is 17.2. The van der Waals surface area contributed by atoms with Gasteiger partial charge in [-0.05, 0) is 57.0 Å². The van der Waals surface area contributed by atoms with E-state index in [1.54, 1.807) is 0 Å². The number of piperidine rings is 1. The molecule has 1 heterocycles. The first-order chi connectivity index (χ1) is 10.1. The first-order valence-electron chi connectivity index (χ1n) is 9.21. The summed E-state index contributed by atoms with van der Waals surface area (Å²) in [4.78, 5) is 2.75. The van der Waals surface area contributed by atoms with Crippen LogP contribution in [-0.2, 0) is 0 Å². The van der Waals surface area contributed by atoms with Crippen LogP contribution in [0.4, 0.5) is 0 Å². The third-order valence-electron chi connectivity index (χ3n) is 5.65. The predicted molar refractivity (Wildman–Crippen MR) is 89.5 cm³/mol. The molecule has 2 fully saturated rings. The van der Waals surface area contributed by atoms with Crippen LogP contribution in [0.25, 0.3) is 0 Å². The lowest BCUT2D eigenvalue weighted by Gasteiger charge is -2.42. The van der Waals surface area contributed by atoms with Crippen molar-refractivity contribution in [2.24, 2.45) is 11.8 Å². The van der Waals surface area contributed by atoms with Crippen LogP contribution >= 0.6 is 0 Å². The van der Waals surface area contributed by atoms with Crippen molar-refractivity contribution in [2.45, 2.75) is 83.8 Å². The molecule has 2 aliphatic rings. The average molecular weight is 296 g/mol. The van der Waals surface area contributed by atoms with E-state index < -0.39 is 0 Å². The topological polar surface area (TPSA) is 35.5 Å². The minimum atomic E-state index is 0.300. The predicted octanol–water partition coefficient (Wildman–Crippen LogP) is 3.03. The maximum atomic E-state index is 9.20. The van der Waals surface area contributed by atoms with E-state index in [9.17, 15) is 5.11 Å². The summed E-state index contributed by atoms with van der Waals surface area (Å²) < 4.78 is 0. The van der Waals surface area contributed by atoms with Gasteiger partial charge in [-0.15, -0.1) is 0 Å². The molecule has 3 unspecified atom stereocenters. The number of rotatable bonds is 6. The van der Waals surface area contributed by atoms with Crippen molar-refractivity contribution in [1.82, 2.24) is 10.2 Å². The van der Waals surface area contributed by atoms with E-state index in [2.05, 4.69) is 31.0 Å². The van der Waals surface area contributed by atoms with Crippen molar-refractivity contribution in [3.05, 3.63) is 0 Å². The number of aliphatic hydroxyl groups is 1. The molecule has 2 rings (SSSR count). The fraction of sp³-hybridized carbons (Fsp3) is 1.00. The van der Waals surface area contributed by atoms with Gasteiger partial charge < -0.3 is 15.3 Å². The Kier molecular flexibility index (Phi) is 6.97. The Balaban J connectivity index is 1.74. The Morgan fingerprint density at radius 1 is 1.14 bits per heavy atom. The lowest BCUT2D eigenvalue weighted by atomic mass is 9.85. The molecule has 2 N–H and O–H groups in total. The van der Waals surface area contributed by atoms with Gasteiger partial charge in [0.25, 0.3) is 0 Å². The molecule has 0 bridgehead atoms. The van der Waals surface area contributed by atoms with Gasteiger partial charge in [-0.3, -0.25) is 0 Å². The average Bonchev–Trinajstić information content (AvgIpc) is 2.47. The number of hydrogen-bond donors (Lipinski definition) is 2. The fourth-order valence-electron chi connectivity index (χ4n) is 4.22. The van der Waals surface area contributed by atoms with Gasteiger partial charge in [-0.25, -0.2) is 0 Å². The maximum Gasteiger partial charge on any atom is 0.0445 e. The highest BCUT2D eigenvalue weighted by atomic mass is 16.3. The molecular weight excluding hydrogens is 260 g/mol. The van der Waals surface area contributed by atoms with E-state index in [1.807, 2.05) is 0 Å². The Morgan fingerprint density at radius 2 is 1.86 bits per heavy atom. The fourth-order valence-corrected chi connectivity index (χ4v) is 4.22. The third-order valence-corrected chi connectivity index (χ3v) is 5.65. The molecule has 0 aromatic carbocycles. The molecule has 21 heavy (non-hydrogen) atoms. The van der Waals surface area contributed by atoms with Crippen molar-refractivity contribution in [3.8, 4) is 0 Å². The van der Waals surface area contributed by atoms with E-state index in [-0.39, 0.29) is 0 Å². The van der Waals surface area contributed by atoms with Gasteiger partial charge in [-0.2, -0.15) is 0 Å². The summed E-state index contributed by atoms with van der Waals surface area (Å²) >= 11 is 0. The Bertz CT molecular complexity index is 287. The molecule has 1 saturated carbocycles. The second kappa shape index (κ2) is 8.50. The molecule has 3 nitrogen and oxygen atoms in total. The summed E-state index contributed by atoms with van der Waals surface area (Å²) in [6.45, 7) is 9.76. The summed E-state index contributed by atoms with van der Waals surface area (Å²) in [6.07, 6.45) is 9.14. The summed E-state index contributed by atoms with van der Waals surface area (Å²) in [5, 5.41) is 13.0. The van der Waals surface area contributed by atoms with Gasteiger partial charge in [-0.1, -0.05) is 33.6 Å². The van der Waals surface area contributed by atoms with Crippen LogP contribution in [0.2, 0.25) is 0 Å². The SMILES string of the molecule is CC1CCCC(N2CCC(NC(CCO)C(C)C)CC2)C1.